The van der Waals surface area contributed by atoms with Crippen LogP contribution < -0.4 is 5.73 Å². The first-order valence-corrected chi connectivity index (χ1v) is 7.65. The maximum atomic E-state index is 13.5. The van der Waals surface area contributed by atoms with E-state index in [1.165, 1.54) is 18.6 Å². The molecule has 24 heavy (non-hydrogen) atoms. The number of pyridine rings is 1. The summed E-state index contributed by atoms with van der Waals surface area (Å²) in [6.07, 6.45) is 3.97. The van der Waals surface area contributed by atoms with E-state index in [2.05, 4.69) is 25.6 Å². The normalized spacial score (nSPS) is 11.2. The summed E-state index contributed by atoms with van der Waals surface area (Å²) in [7, 11) is 0. The summed E-state index contributed by atoms with van der Waals surface area (Å²) in [6, 6.07) is 0.460. The minimum atomic E-state index is -0.780. The van der Waals surface area contributed by atoms with E-state index in [4.69, 9.17) is 17.3 Å². The molecule has 1 amide bonds. The Morgan fingerprint density at radius 1 is 1.42 bits per heavy atom. The Morgan fingerprint density at radius 2 is 2.25 bits per heavy atom. The summed E-state index contributed by atoms with van der Waals surface area (Å²) in [6.45, 7) is 0. The number of carbonyl (C=O) groups excluding carboxylic acids is 1. The number of amides is 1. The predicted octanol–water partition coefficient (Wildman–Crippen LogP) is 2.26. The van der Waals surface area contributed by atoms with Crippen LogP contribution >= 0.6 is 22.9 Å². The van der Waals surface area contributed by atoms with Gasteiger partial charge in [0.05, 0.1) is 18.1 Å². The van der Waals surface area contributed by atoms with Gasteiger partial charge in [0.1, 0.15) is 22.0 Å². The Kier molecular flexibility index (Phi) is 3.28. The van der Waals surface area contributed by atoms with Gasteiger partial charge in [0.25, 0.3) is 0 Å². The molecule has 0 spiro atoms. The van der Waals surface area contributed by atoms with Crippen molar-refractivity contribution in [3.8, 4) is 17.1 Å². The van der Waals surface area contributed by atoms with Crippen LogP contribution in [0.1, 0.15) is 0 Å². The van der Waals surface area contributed by atoms with Gasteiger partial charge in [-0.1, -0.05) is 11.6 Å². The zero-order chi connectivity index (χ0) is 16.8. The van der Waals surface area contributed by atoms with E-state index >= 15 is 0 Å². The van der Waals surface area contributed by atoms with Gasteiger partial charge in [0.15, 0.2) is 17.0 Å². The van der Waals surface area contributed by atoms with E-state index < -0.39 is 11.8 Å². The minimum absolute atomic E-state index is 0.111. The number of imidazole rings is 1. The summed E-state index contributed by atoms with van der Waals surface area (Å²) in [5.41, 5.74) is 9.07. The summed E-state index contributed by atoms with van der Waals surface area (Å²) in [5, 5.41) is 4.28. The van der Waals surface area contributed by atoms with Crippen LogP contribution in [0.5, 0.6) is 0 Å². The highest BCUT2D eigenvalue weighted by molar-refractivity contribution is 7.16. The van der Waals surface area contributed by atoms with Gasteiger partial charge in [0, 0.05) is 5.56 Å². The average Bonchev–Trinajstić information content (AvgIpc) is 3.23. The second-order valence-electron chi connectivity index (χ2n) is 4.67. The molecule has 2 N–H and O–H groups in total. The number of primary amides is 1. The number of nitrogens with two attached hydrogens (primary N) is 1. The molecule has 0 bridgehead atoms. The zero-order valence-corrected chi connectivity index (χ0v) is 13.2. The molecule has 0 atom stereocenters. The van der Waals surface area contributed by atoms with Crippen molar-refractivity contribution in [1.29, 1.82) is 0 Å². The number of hydrogen-bond acceptors (Lipinski definition) is 6. The summed E-state index contributed by atoms with van der Waals surface area (Å²) in [4.78, 5) is 23.3. The molecule has 4 aromatic heterocycles. The number of halogens is 2. The Labute approximate surface area is 142 Å². The van der Waals surface area contributed by atoms with Crippen molar-refractivity contribution in [2.45, 2.75) is 0 Å². The fraction of sp³-hybridized carbons (Fsp3) is 0. The van der Waals surface area contributed by atoms with Crippen molar-refractivity contribution in [3.05, 3.63) is 41.3 Å². The van der Waals surface area contributed by atoms with Crippen molar-refractivity contribution in [2.24, 2.45) is 5.73 Å². The van der Waals surface area contributed by atoms with Gasteiger partial charge in [-0.05, 0) is 6.07 Å². The molecular formula is C13H6ClFN7OS. The number of carbonyl (C=O) groups is 1. The molecule has 0 aliphatic heterocycles. The van der Waals surface area contributed by atoms with Crippen LogP contribution in [0.25, 0.3) is 27.4 Å². The number of aromatic nitrogens is 6. The predicted molar refractivity (Wildman–Crippen MR) is 84.5 cm³/mol. The van der Waals surface area contributed by atoms with E-state index in [0.29, 0.717) is 21.8 Å². The SMILES string of the molecule is NC(=O)n1nc(-n2cncc2-c2cc(F)cnc2Cl)c2s[c]nc21. The van der Waals surface area contributed by atoms with Crippen molar-refractivity contribution >= 4 is 39.3 Å². The molecular weight excluding hydrogens is 357 g/mol. The number of thiazole rings is 1. The van der Waals surface area contributed by atoms with Crippen molar-refractivity contribution in [1.82, 2.24) is 29.3 Å². The van der Waals surface area contributed by atoms with Gasteiger partial charge in [-0.3, -0.25) is 4.57 Å². The topological polar surface area (TPSA) is 105 Å². The van der Waals surface area contributed by atoms with Crippen molar-refractivity contribution in [2.75, 3.05) is 0 Å². The first kappa shape index (κ1) is 14.7. The molecule has 1 radical (unpaired) electrons. The lowest BCUT2D eigenvalue weighted by Crippen LogP contribution is -2.21. The molecule has 0 fully saturated rings. The number of nitrogens with zero attached hydrogens (tertiary/aromatic N) is 6. The monoisotopic (exact) mass is 362 g/mol. The second kappa shape index (κ2) is 5.35. The number of hydrogen-bond donors (Lipinski definition) is 1. The van der Waals surface area contributed by atoms with E-state index in [1.54, 1.807) is 4.57 Å². The third-order valence-electron chi connectivity index (χ3n) is 3.26. The van der Waals surface area contributed by atoms with Crippen LogP contribution in [-0.4, -0.2) is 35.3 Å². The van der Waals surface area contributed by atoms with E-state index in [9.17, 15) is 9.18 Å². The average molecular weight is 363 g/mol. The van der Waals surface area contributed by atoms with Crippen LogP contribution in [0.3, 0.4) is 0 Å². The lowest BCUT2D eigenvalue weighted by Gasteiger charge is -2.06. The smallest absolute Gasteiger partial charge is 0.341 e. The molecule has 4 aromatic rings. The van der Waals surface area contributed by atoms with Gasteiger partial charge in [-0.15, -0.1) is 16.4 Å². The number of rotatable bonds is 2. The highest BCUT2D eigenvalue weighted by Gasteiger charge is 2.21. The van der Waals surface area contributed by atoms with Gasteiger partial charge in [-0.2, -0.15) is 4.68 Å². The van der Waals surface area contributed by atoms with Crippen LogP contribution in [0.2, 0.25) is 5.15 Å². The maximum absolute atomic E-state index is 13.5. The minimum Gasteiger partial charge on any atom is -0.350 e. The van der Waals surface area contributed by atoms with Crippen LogP contribution in [0.4, 0.5) is 9.18 Å². The van der Waals surface area contributed by atoms with E-state index in [0.717, 1.165) is 22.2 Å². The first-order chi connectivity index (χ1) is 11.6. The molecule has 0 aromatic carbocycles. The van der Waals surface area contributed by atoms with Gasteiger partial charge in [0.2, 0.25) is 0 Å². The quantitative estimate of drug-likeness (QED) is 0.551. The third-order valence-corrected chi connectivity index (χ3v) is 4.31. The van der Waals surface area contributed by atoms with Gasteiger partial charge < -0.3 is 5.73 Å². The second-order valence-corrected chi connectivity index (χ2v) is 5.83. The lowest BCUT2D eigenvalue weighted by atomic mass is 10.2. The molecule has 0 unspecified atom stereocenters. The Morgan fingerprint density at radius 3 is 3.04 bits per heavy atom. The molecule has 4 heterocycles. The van der Waals surface area contributed by atoms with Crippen LogP contribution in [0.15, 0.2) is 24.8 Å². The molecule has 0 saturated heterocycles. The van der Waals surface area contributed by atoms with Crippen LogP contribution in [-0.2, 0) is 0 Å². The fourth-order valence-electron chi connectivity index (χ4n) is 2.26. The van der Waals surface area contributed by atoms with E-state index in [-0.39, 0.29) is 10.8 Å². The van der Waals surface area contributed by atoms with Crippen molar-refractivity contribution < 1.29 is 9.18 Å². The van der Waals surface area contributed by atoms with Crippen molar-refractivity contribution in [3.63, 3.8) is 0 Å². The largest absolute Gasteiger partial charge is 0.350 e. The third kappa shape index (κ3) is 2.15. The highest BCUT2D eigenvalue weighted by Crippen LogP contribution is 2.31. The summed E-state index contributed by atoms with van der Waals surface area (Å²) in [5.74, 6) is -0.184. The Hall–Kier alpha value is -2.85. The molecule has 0 saturated carbocycles. The first-order valence-electron chi connectivity index (χ1n) is 6.46. The molecule has 11 heteroatoms. The van der Waals surface area contributed by atoms with Crippen LogP contribution in [0, 0.1) is 11.3 Å². The Bertz CT molecular complexity index is 1090. The molecule has 0 aliphatic rings. The molecule has 8 nitrogen and oxygen atoms in total. The standard InChI is InChI=1S/C13H6ClFN7OS/c14-10-7(1-6(15)2-18-10)8-3-17-4-21(8)12-9-11(19-5-24-9)22(20-12)13(16)23/h1-4H,(H2,16,23). The van der Waals surface area contributed by atoms with Gasteiger partial charge >= 0.3 is 6.03 Å². The fourth-order valence-corrected chi connectivity index (χ4v) is 3.14. The summed E-state index contributed by atoms with van der Waals surface area (Å²) >= 11 is 7.23. The molecule has 0 aliphatic carbocycles. The van der Waals surface area contributed by atoms with E-state index in [1.807, 2.05) is 0 Å². The van der Waals surface area contributed by atoms with Gasteiger partial charge in [-0.25, -0.2) is 24.1 Å². The summed E-state index contributed by atoms with van der Waals surface area (Å²) < 4.78 is 16.6. The highest BCUT2D eigenvalue weighted by atomic mass is 35.5. The molecule has 119 valence electrons. The number of fused-ring (bicyclic) bond motifs is 1. The molecule has 4 rings (SSSR count). The zero-order valence-electron chi connectivity index (χ0n) is 11.6. The lowest BCUT2D eigenvalue weighted by molar-refractivity contribution is 0.248. The maximum Gasteiger partial charge on any atom is 0.341 e. The Balaban J connectivity index is 1.97.